The van der Waals surface area contributed by atoms with Crippen molar-refractivity contribution in [3.63, 3.8) is 0 Å². The van der Waals surface area contributed by atoms with E-state index in [0.29, 0.717) is 44.4 Å². The number of hydrogen-bond donors (Lipinski definition) is 2. The lowest BCUT2D eigenvalue weighted by Gasteiger charge is -2.22. The molecule has 2 N–H and O–H groups in total. The Labute approximate surface area is 229 Å². The van der Waals surface area contributed by atoms with Crippen molar-refractivity contribution in [2.75, 3.05) is 18.2 Å². The third kappa shape index (κ3) is 7.24. The van der Waals surface area contributed by atoms with Crippen LogP contribution in [0.2, 0.25) is 10.0 Å². The second kappa shape index (κ2) is 12.9. The van der Waals surface area contributed by atoms with Crippen LogP contribution in [0.5, 0.6) is 0 Å². The molecule has 1 atom stereocenters. The van der Waals surface area contributed by atoms with E-state index in [-0.39, 0.29) is 23.5 Å². The Morgan fingerprint density at radius 2 is 1.70 bits per heavy atom. The average molecular weight is 564 g/mol. The third-order valence-corrected chi connectivity index (χ3v) is 7.10. The predicted octanol–water partition coefficient (Wildman–Crippen LogP) is 5.25. The Hall–Kier alpha value is -3.08. The Kier molecular flexibility index (Phi) is 9.96. The van der Waals surface area contributed by atoms with Crippen LogP contribution in [0, 0.1) is 5.92 Å². The Balaban J connectivity index is 1.68. The van der Waals surface area contributed by atoms with Gasteiger partial charge in [0.05, 0.1) is 34.5 Å². The van der Waals surface area contributed by atoms with E-state index in [9.17, 15) is 14.4 Å². The van der Waals surface area contributed by atoms with Gasteiger partial charge < -0.3 is 19.9 Å². The van der Waals surface area contributed by atoms with Crippen LogP contribution in [0.4, 0.5) is 5.69 Å². The number of hydrogen-bond acceptors (Lipinski definition) is 7. The molecule has 0 unspecified atom stereocenters. The van der Waals surface area contributed by atoms with Crippen molar-refractivity contribution in [2.24, 2.45) is 5.92 Å². The molecule has 0 bridgehead atoms. The molecule has 0 aliphatic heterocycles. The quantitative estimate of drug-likeness (QED) is 0.255. The number of ether oxygens (including phenoxy) is 1. The van der Waals surface area contributed by atoms with Crippen LogP contribution in [-0.4, -0.2) is 45.4 Å². The minimum atomic E-state index is -0.448. The van der Waals surface area contributed by atoms with Gasteiger partial charge in [0, 0.05) is 17.8 Å². The molecule has 0 spiro atoms. The molecule has 1 aromatic heterocycles. The van der Waals surface area contributed by atoms with Crippen LogP contribution in [0.1, 0.15) is 53.4 Å². The number of benzene rings is 2. The van der Waals surface area contributed by atoms with E-state index in [1.807, 2.05) is 25.3 Å². The minimum Gasteiger partial charge on any atom is -0.465 e. The lowest BCUT2D eigenvalue weighted by Crippen LogP contribution is -2.33. The summed E-state index contributed by atoms with van der Waals surface area (Å²) in [5, 5.41) is 15.6. The lowest BCUT2D eigenvalue weighted by atomic mass is 10.0. The molecular formula is C25H27Cl2N5O4S. The minimum absolute atomic E-state index is 0.00957. The Morgan fingerprint density at radius 3 is 2.30 bits per heavy atom. The van der Waals surface area contributed by atoms with Gasteiger partial charge in [-0.15, -0.1) is 10.2 Å². The number of thioether (sulfide) groups is 1. The van der Waals surface area contributed by atoms with Gasteiger partial charge >= 0.3 is 5.97 Å². The number of methoxy groups -OCH3 is 1. The van der Waals surface area contributed by atoms with E-state index in [0.717, 1.165) is 0 Å². The largest absolute Gasteiger partial charge is 0.465 e. The molecule has 2 aromatic carbocycles. The van der Waals surface area contributed by atoms with Crippen LogP contribution in [0.25, 0.3) is 0 Å². The van der Waals surface area contributed by atoms with Gasteiger partial charge in [-0.1, -0.05) is 48.8 Å². The molecule has 1 heterocycles. The maximum absolute atomic E-state index is 12.9. The van der Waals surface area contributed by atoms with Gasteiger partial charge in [-0.25, -0.2) is 4.79 Å². The fourth-order valence-electron chi connectivity index (χ4n) is 3.46. The van der Waals surface area contributed by atoms with Crippen LogP contribution >= 0.6 is 35.0 Å². The van der Waals surface area contributed by atoms with Crippen molar-refractivity contribution in [1.82, 2.24) is 20.1 Å². The van der Waals surface area contributed by atoms with Crippen LogP contribution in [-0.2, 0) is 16.1 Å². The number of nitrogens with zero attached hydrogens (tertiary/aromatic N) is 3. The van der Waals surface area contributed by atoms with Gasteiger partial charge in [0.25, 0.3) is 5.91 Å². The van der Waals surface area contributed by atoms with Crippen molar-refractivity contribution in [3.05, 3.63) is 69.5 Å². The van der Waals surface area contributed by atoms with Gasteiger partial charge in [0.2, 0.25) is 5.91 Å². The molecular weight excluding hydrogens is 537 g/mol. The summed E-state index contributed by atoms with van der Waals surface area (Å²) < 4.78 is 6.55. The number of anilines is 1. The first-order chi connectivity index (χ1) is 17.6. The summed E-state index contributed by atoms with van der Waals surface area (Å²) in [5.74, 6) is -0.302. The molecule has 0 radical (unpaired) electrons. The third-order valence-electron chi connectivity index (χ3n) is 5.40. The van der Waals surface area contributed by atoms with E-state index in [1.54, 1.807) is 36.4 Å². The van der Waals surface area contributed by atoms with E-state index in [4.69, 9.17) is 23.2 Å². The molecule has 9 nitrogen and oxygen atoms in total. The molecule has 12 heteroatoms. The molecule has 0 aliphatic rings. The van der Waals surface area contributed by atoms with Crippen molar-refractivity contribution in [1.29, 1.82) is 0 Å². The number of rotatable bonds is 10. The summed E-state index contributed by atoms with van der Waals surface area (Å²) in [7, 11) is 1.31. The number of carbonyl (C=O) groups is 3. The van der Waals surface area contributed by atoms with E-state index in [2.05, 4.69) is 25.6 Å². The highest BCUT2D eigenvalue weighted by Crippen LogP contribution is 2.27. The molecule has 0 saturated carbocycles. The molecule has 0 fully saturated rings. The van der Waals surface area contributed by atoms with Gasteiger partial charge in [-0.2, -0.15) is 0 Å². The SMILES string of the molecule is CCn1c(SCC(=O)Nc2ccc(C(=O)OC)cc2)nnc1[C@@H](NC(=O)c1ccc(Cl)c(Cl)c1)C(C)C. The molecule has 3 aromatic rings. The van der Waals surface area contributed by atoms with Gasteiger partial charge in [-0.05, 0) is 55.3 Å². The molecule has 2 amide bonds. The summed E-state index contributed by atoms with van der Waals surface area (Å²) in [6.45, 7) is 6.44. The Bertz CT molecular complexity index is 1280. The fourth-order valence-corrected chi connectivity index (χ4v) is 4.57. The number of amides is 2. The van der Waals surface area contributed by atoms with Crippen LogP contribution < -0.4 is 10.6 Å². The number of carbonyl (C=O) groups excluding carboxylic acids is 3. The number of aromatic nitrogens is 3. The number of halogens is 2. The monoisotopic (exact) mass is 563 g/mol. The molecule has 3 rings (SSSR count). The number of nitrogens with one attached hydrogen (secondary N) is 2. The van der Waals surface area contributed by atoms with Crippen LogP contribution in [0.3, 0.4) is 0 Å². The van der Waals surface area contributed by atoms with Crippen molar-refractivity contribution in [2.45, 2.75) is 38.5 Å². The predicted molar refractivity (Wildman–Crippen MR) is 144 cm³/mol. The standard InChI is InChI=1S/C25H27Cl2N5O4S/c1-5-32-22(21(14(2)3)29-23(34)16-8-11-18(26)19(27)12-16)30-31-25(32)37-13-20(33)28-17-9-6-15(7-10-17)24(35)36-4/h6-12,14,21H,5,13H2,1-4H3,(H,28,33)(H,29,34)/t21-/m0/s1. The Morgan fingerprint density at radius 1 is 1.03 bits per heavy atom. The highest BCUT2D eigenvalue weighted by Gasteiger charge is 2.26. The first kappa shape index (κ1) is 28.5. The van der Waals surface area contributed by atoms with Gasteiger partial charge in [0.1, 0.15) is 0 Å². The van der Waals surface area contributed by atoms with E-state index >= 15 is 0 Å². The van der Waals surface area contributed by atoms with Crippen molar-refractivity contribution < 1.29 is 19.1 Å². The summed E-state index contributed by atoms with van der Waals surface area (Å²) in [5.41, 5.74) is 1.33. The zero-order valence-electron chi connectivity index (χ0n) is 20.7. The molecule has 0 aliphatic carbocycles. The average Bonchev–Trinajstić information content (AvgIpc) is 3.29. The van der Waals surface area contributed by atoms with Crippen LogP contribution in [0.15, 0.2) is 47.6 Å². The zero-order chi connectivity index (χ0) is 27.1. The normalized spacial score (nSPS) is 11.8. The molecule has 0 saturated heterocycles. The number of esters is 1. The first-order valence-electron chi connectivity index (χ1n) is 11.4. The van der Waals surface area contributed by atoms with Crippen molar-refractivity contribution in [3.8, 4) is 0 Å². The second-order valence-corrected chi connectivity index (χ2v) is 10.1. The smallest absolute Gasteiger partial charge is 0.337 e. The van der Waals surface area contributed by atoms with Gasteiger partial charge in [-0.3, -0.25) is 9.59 Å². The maximum Gasteiger partial charge on any atom is 0.337 e. The molecule has 196 valence electrons. The first-order valence-corrected chi connectivity index (χ1v) is 13.2. The van der Waals surface area contributed by atoms with Gasteiger partial charge in [0.15, 0.2) is 11.0 Å². The highest BCUT2D eigenvalue weighted by atomic mass is 35.5. The summed E-state index contributed by atoms with van der Waals surface area (Å²) in [4.78, 5) is 37.0. The summed E-state index contributed by atoms with van der Waals surface area (Å²) >= 11 is 13.3. The summed E-state index contributed by atoms with van der Waals surface area (Å²) in [6.07, 6.45) is 0. The highest BCUT2D eigenvalue weighted by molar-refractivity contribution is 7.99. The zero-order valence-corrected chi connectivity index (χ0v) is 23.1. The molecule has 37 heavy (non-hydrogen) atoms. The fraction of sp³-hybridized carbons (Fsp3) is 0.320. The second-order valence-electron chi connectivity index (χ2n) is 8.31. The van der Waals surface area contributed by atoms with Crippen molar-refractivity contribution >= 4 is 58.4 Å². The lowest BCUT2D eigenvalue weighted by molar-refractivity contribution is -0.113. The van der Waals surface area contributed by atoms with E-state index < -0.39 is 12.0 Å². The summed E-state index contributed by atoms with van der Waals surface area (Å²) in [6, 6.07) is 10.7. The van der Waals surface area contributed by atoms with E-state index in [1.165, 1.54) is 24.9 Å². The topological polar surface area (TPSA) is 115 Å². The maximum atomic E-state index is 12.9.